The second-order valence-corrected chi connectivity index (χ2v) is 5.09. The monoisotopic (exact) mass is 186 g/mol. The van der Waals surface area contributed by atoms with Gasteiger partial charge < -0.3 is 10.8 Å². The summed E-state index contributed by atoms with van der Waals surface area (Å²) in [6, 6.07) is 0. The first-order valence-corrected chi connectivity index (χ1v) is 5.05. The Bertz CT molecular complexity index is 166. The molecule has 0 aromatic rings. The molecule has 0 amide bonds. The van der Waals surface area contributed by atoms with E-state index in [1.807, 2.05) is 0 Å². The van der Waals surface area contributed by atoms with Crippen molar-refractivity contribution in [3.63, 3.8) is 0 Å². The third kappa shape index (κ3) is 2.66. The molecule has 1 aliphatic rings. The van der Waals surface area contributed by atoms with Crippen LogP contribution in [0.25, 0.3) is 0 Å². The minimum atomic E-state index is -0.595. The molecule has 0 bridgehead atoms. The topological polar surface area (TPSA) is 49.5 Å². The van der Waals surface area contributed by atoms with Crippen LogP contribution in [0, 0.1) is 0 Å². The van der Waals surface area contributed by atoms with Gasteiger partial charge in [-0.05, 0) is 33.6 Å². The molecule has 1 saturated heterocycles. The van der Waals surface area contributed by atoms with E-state index in [-0.39, 0.29) is 5.54 Å². The van der Waals surface area contributed by atoms with Crippen molar-refractivity contribution >= 4 is 0 Å². The Kier molecular flexibility index (Phi) is 3.00. The summed E-state index contributed by atoms with van der Waals surface area (Å²) in [5, 5.41) is 9.91. The van der Waals surface area contributed by atoms with E-state index in [1.54, 1.807) is 0 Å². The Hall–Kier alpha value is -0.120. The smallest absolute Gasteiger partial charge is 0.0793 e. The highest BCUT2D eigenvalue weighted by atomic mass is 16.3. The van der Waals surface area contributed by atoms with E-state index in [2.05, 4.69) is 25.7 Å². The fourth-order valence-electron chi connectivity index (χ4n) is 1.80. The highest BCUT2D eigenvalue weighted by Gasteiger charge is 2.34. The van der Waals surface area contributed by atoms with Crippen molar-refractivity contribution in [2.75, 3.05) is 19.6 Å². The fourth-order valence-corrected chi connectivity index (χ4v) is 1.80. The lowest BCUT2D eigenvalue weighted by Gasteiger charge is -2.43. The molecule has 0 aromatic heterocycles. The van der Waals surface area contributed by atoms with E-state index in [0.717, 1.165) is 25.9 Å². The molecule has 13 heavy (non-hydrogen) atoms. The van der Waals surface area contributed by atoms with Crippen molar-refractivity contribution in [3.8, 4) is 0 Å². The summed E-state index contributed by atoms with van der Waals surface area (Å²) in [4.78, 5) is 2.40. The van der Waals surface area contributed by atoms with E-state index in [4.69, 9.17) is 5.73 Å². The number of hydrogen-bond acceptors (Lipinski definition) is 3. The summed E-state index contributed by atoms with van der Waals surface area (Å²) < 4.78 is 0. The predicted octanol–water partition coefficient (Wildman–Crippen LogP) is 0.570. The van der Waals surface area contributed by atoms with Gasteiger partial charge in [-0.2, -0.15) is 0 Å². The third-order valence-corrected chi connectivity index (χ3v) is 3.02. The number of nitrogens with two attached hydrogens (primary N) is 1. The molecule has 3 nitrogen and oxygen atoms in total. The molecule has 1 heterocycles. The van der Waals surface area contributed by atoms with Gasteiger partial charge in [0.25, 0.3) is 0 Å². The van der Waals surface area contributed by atoms with E-state index in [9.17, 15) is 5.11 Å². The van der Waals surface area contributed by atoms with Gasteiger partial charge in [0.1, 0.15) is 0 Å². The van der Waals surface area contributed by atoms with E-state index < -0.39 is 5.60 Å². The molecule has 0 radical (unpaired) electrons. The van der Waals surface area contributed by atoms with Crippen LogP contribution in [0.3, 0.4) is 0 Å². The normalized spacial score (nSPS) is 24.7. The van der Waals surface area contributed by atoms with Gasteiger partial charge in [-0.15, -0.1) is 0 Å². The first kappa shape index (κ1) is 11.0. The highest BCUT2D eigenvalue weighted by Crippen LogP contribution is 2.25. The Morgan fingerprint density at radius 3 is 2.08 bits per heavy atom. The van der Waals surface area contributed by atoms with Crippen LogP contribution in [0.4, 0.5) is 0 Å². The maximum atomic E-state index is 9.91. The molecule has 78 valence electrons. The third-order valence-electron chi connectivity index (χ3n) is 3.02. The van der Waals surface area contributed by atoms with Gasteiger partial charge in [-0.3, -0.25) is 4.90 Å². The van der Waals surface area contributed by atoms with Crippen LogP contribution in [0.5, 0.6) is 0 Å². The minimum absolute atomic E-state index is 0.218. The number of hydrogen-bond donors (Lipinski definition) is 2. The van der Waals surface area contributed by atoms with Crippen LogP contribution in [-0.2, 0) is 0 Å². The summed E-state index contributed by atoms with van der Waals surface area (Å²) in [7, 11) is 0. The maximum absolute atomic E-state index is 9.91. The zero-order valence-corrected chi connectivity index (χ0v) is 9.01. The van der Waals surface area contributed by atoms with Gasteiger partial charge in [0.15, 0.2) is 0 Å². The largest absolute Gasteiger partial charge is 0.388 e. The van der Waals surface area contributed by atoms with Crippen LogP contribution >= 0.6 is 0 Å². The van der Waals surface area contributed by atoms with E-state index in [1.165, 1.54) is 0 Å². The lowest BCUT2D eigenvalue weighted by molar-refractivity contribution is -0.0350. The Morgan fingerprint density at radius 1 is 1.31 bits per heavy atom. The van der Waals surface area contributed by atoms with Gasteiger partial charge in [0.05, 0.1) is 5.60 Å². The lowest BCUT2D eigenvalue weighted by Crippen LogP contribution is -2.53. The molecule has 3 heteroatoms. The van der Waals surface area contributed by atoms with E-state index in [0.29, 0.717) is 6.54 Å². The summed E-state index contributed by atoms with van der Waals surface area (Å²) in [6.45, 7) is 8.93. The second-order valence-electron chi connectivity index (χ2n) is 5.09. The maximum Gasteiger partial charge on any atom is 0.0793 e. The van der Waals surface area contributed by atoms with Crippen LogP contribution in [-0.4, -0.2) is 40.8 Å². The van der Waals surface area contributed by atoms with Crippen LogP contribution in [0.15, 0.2) is 0 Å². The van der Waals surface area contributed by atoms with Crippen molar-refractivity contribution < 1.29 is 5.11 Å². The average Bonchev–Trinajstić information content (AvgIpc) is 2.04. The van der Waals surface area contributed by atoms with Crippen LogP contribution in [0.2, 0.25) is 0 Å². The van der Waals surface area contributed by atoms with Gasteiger partial charge in [-0.25, -0.2) is 0 Å². The molecule has 0 atom stereocenters. The van der Waals surface area contributed by atoms with Gasteiger partial charge in [0.2, 0.25) is 0 Å². The minimum Gasteiger partial charge on any atom is -0.388 e. The van der Waals surface area contributed by atoms with Crippen LogP contribution in [0.1, 0.15) is 33.6 Å². The average molecular weight is 186 g/mol. The van der Waals surface area contributed by atoms with Crippen molar-refractivity contribution in [1.29, 1.82) is 0 Å². The zero-order chi connectivity index (χ0) is 10.1. The summed E-state index contributed by atoms with van der Waals surface area (Å²) in [5.41, 5.74) is 5.15. The van der Waals surface area contributed by atoms with Crippen molar-refractivity contribution in [2.24, 2.45) is 5.73 Å². The molecule has 0 saturated carbocycles. The summed E-state index contributed by atoms with van der Waals surface area (Å²) >= 11 is 0. The molecule has 1 aliphatic heterocycles. The molecule has 0 aliphatic carbocycles. The standard InChI is InChI=1S/C10H22N2O/c1-9(2,3)12-6-4-10(13,8-11)5-7-12/h13H,4-8,11H2,1-3H3. The number of aliphatic hydroxyl groups is 1. The van der Waals surface area contributed by atoms with E-state index >= 15 is 0 Å². The number of piperidine rings is 1. The number of rotatable bonds is 1. The van der Waals surface area contributed by atoms with Crippen LogP contribution < -0.4 is 5.73 Å². The Morgan fingerprint density at radius 2 is 1.77 bits per heavy atom. The number of nitrogens with zero attached hydrogens (tertiary/aromatic N) is 1. The quantitative estimate of drug-likeness (QED) is 0.629. The molecule has 1 rings (SSSR count). The SMILES string of the molecule is CC(C)(C)N1CCC(O)(CN)CC1. The molecule has 0 aromatic carbocycles. The molecule has 3 N–H and O–H groups in total. The highest BCUT2D eigenvalue weighted by molar-refractivity contribution is 4.90. The van der Waals surface area contributed by atoms with Gasteiger partial charge >= 0.3 is 0 Å². The first-order valence-electron chi connectivity index (χ1n) is 5.05. The number of likely N-dealkylation sites (tertiary alicyclic amines) is 1. The summed E-state index contributed by atoms with van der Waals surface area (Å²) in [6.07, 6.45) is 1.61. The molecule has 1 fully saturated rings. The van der Waals surface area contributed by atoms with Gasteiger partial charge in [-0.1, -0.05) is 0 Å². The molecule has 0 unspecified atom stereocenters. The van der Waals surface area contributed by atoms with Crippen molar-refractivity contribution in [2.45, 2.75) is 44.8 Å². The molecular formula is C10H22N2O. The van der Waals surface area contributed by atoms with Gasteiger partial charge in [0, 0.05) is 25.2 Å². The predicted molar refractivity (Wildman–Crippen MR) is 54.6 cm³/mol. The Balaban J connectivity index is 2.48. The molecular weight excluding hydrogens is 164 g/mol. The zero-order valence-electron chi connectivity index (χ0n) is 9.01. The fraction of sp³-hybridized carbons (Fsp3) is 1.00. The van der Waals surface area contributed by atoms with Crippen molar-refractivity contribution in [1.82, 2.24) is 4.90 Å². The lowest BCUT2D eigenvalue weighted by atomic mass is 9.89. The Labute approximate surface area is 80.9 Å². The second kappa shape index (κ2) is 3.56. The first-order chi connectivity index (χ1) is 5.87. The molecule has 0 spiro atoms. The van der Waals surface area contributed by atoms with Crippen molar-refractivity contribution in [3.05, 3.63) is 0 Å². The summed E-state index contributed by atoms with van der Waals surface area (Å²) in [5.74, 6) is 0.